The van der Waals surface area contributed by atoms with Crippen molar-refractivity contribution >= 4 is 11.9 Å². The highest BCUT2D eigenvalue weighted by molar-refractivity contribution is 6.14. The van der Waals surface area contributed by atoms with Crippen molar-refractivity contribution in [1.29, 1.82) is 0 Å². The largest absolute Gasteiger partial charge is 0.462 e. The summed E-state index contributed by atoms with van der Waals surface area (Å²) in [5, 5.41) is 0. The molecule has 0 aliphatic rings. The summed E-state index contributed by atoms with van der Waals surface area (Å²) >= 11 is 0. The van der Waals surface area contributed by atoms with Crippen LogP contribution >= 0.6 is 0 Å². The summed E-state index contributed by atoms with van der Waals surface area (Å²) in [6.07, 6.45) is 3.09. The molecule has 0 bridgehead atoms. The summed E-state index contributed by atoms with van der Waals surface area (Å²) in [5.74, 6) is -1.31. The number of ether oxygens (including phenoxy) is 2. The van der Waals surface area contributed by atoms with Crippen LogP contribution < -0.4 is 0 Å². The standard InChI is InChI=1S/C12H18O4/c1-5-15-11(13)10(8-7-9(3)4)12(14)16-6-2/h7-8H,5-6H2,1-4H3. The number of esters is 2. The van der Waals surface area contributed by atoms with Crippen molar-refractivity contribution in [3.8, 4) is 0 Å². The molecule has 0 aromatic heterocycles. The van der Waals surface area contributed by atoms with Crippen LogP contribution in [0.3, 0.4) is 0 Å². The quantitative estimate of drug-likeness (QED) is 0.236. The van der Waals surface area contributed by atoms with Crippen molar-refractivity contribution in [2.75, 3.05) is 13.2 Å². The molecule has 0 radical (unpaired) electrons. The first kappa shape index (κ1) is 14.4. The van der Waals surface area contributed by atoms with Crippen molar-refractivity contribution in [3.05, 3.63) is 23.3 Å². The maximum Gasteiger partial charge on any atom is 0.345 e. The molecule has 0 aliphatic carbocycles. The molecule has 90 valence electrons. The first-order valence-electron chi connectivity index (χ1n) is 5.22. The van der Waals surface area contributed by atoms with E-state index in [2.05, 4.69) is 0 Å². The zero-order valence-electron chi connectivity index (χ0n) is 10.2. The molecule has 4 nitrogen and oxygen atoms in total. The lowest BCUT2D eigenvalue weighted by atomic mass is 10.2. The van der Waals surface area contributed by atoms with Crippen LogP contribution in [0.25, 0.3) is 0 Å². The molecule has 0 spiro atoms. The van der Waals surface area contributed by atoms with Crippen molar-refractivity contribution in [2.45, 2.75) is 27.7 Å². The molecule has 0 rings (SSSR count). The van der Waals surface area contributed by atoms with Gasteiger partial charge in [0.05, 0.1) is 13.2 Å². The summed E-state index contributed by atoms with van der Waals surface area (Å²) in [6.45, 7) is 7.55. The van der Waals surface area contributed by atoms with Crippen LogP contribution in [0.15, 0.2) is 23.3 Å². The maximum absolute atomic E-state index is 11.5. The number of carbonyl (C=O) groups excluding carboxylic acids is 2. The normalized spacial score (nSPS) is 9.00. The van der Waals surface area contributed by atoms with Crippen LogP contribution in [0.2, 0.25) is 0 Å². The molecule has 0 amide bonds. The summed E-state index contributed by atoms with van der Waals surface area (Å²) in [6, 6.07) is 0. The van der Waals surface area contributed by atoms with E-state index in [1.807, 2.05) is 13.8 Å². The number of carbonyl (C=O) groups is 2. The lowest BCUT2D eigenvalue weighted by Crippen LogP contribution is -2.18. The van der Waals surface area contributed by atoms with Crippen molar-refractivity contribution < 1.29 is 19.1 Å². The second kappa shape index (κ2) is 7.68. The van der Waals surface area contributed by atoms with E-state index >= 15 is 0 Å². The molecule has 0 aliphatic heterocycles. The van der Waals surface area contributed by atoms with Gasteiger partial charge in [-0.2, -0.15) is 0 Å². The molecule has 0 aromatic rings. The van der Waals surface area contributed by atoms with Crippen molar-refractivity contribution in [3.63, 3.8) is 0 Å². The molecule has 4 heteroatoms. The zero-order valence-corrected chi connectivity index (χ0v) is 10.2. The SMILES string of the molecule is CCOC(=O)C(=CC=C(C)C)C(=O)OCC. The van der Waals surface area contributed by atoms with Gasteiger partial charge in [-0.3, -0.25) is 0 Å². The third-order valence-corrected chi connectivity index (χ3v) is 1.57. The Morgan fingerprint density at radius 2 is 1.38 bits per heavy atom. The molecule has 0 fully saturated rings. The fourth-order valence-electron chi connectivity index (χ4n) is 0.887. The summed E-state index contributed by atoms with van der Waals surface area (Å²) < 4.78 is 9.53. The Balaban J connectivity index is 4.90. The van der Waals surface area contributed by atoms with E-state index in [0.717, 1.165) is 5.57 Å². The summed E-state index contributed by atoms with van der Waals surface area (Å²) in [7, 11) is 0. The first-order valence-corrected chi connectivity index (χ1v) is 5.22. The van der Waals surface area contributed by atoms with E-state index in [4.69, 9.17) is 9.47 Å². The van der Waals surface area contributed by atoms with Crippen LogP contribution in [0.5, 0.6) is 0 Å². The van der Waals surface area contributed by atoms with E-state index in [-0.39, 0.29) is 18.8 Å². The Hall–Kier alpha value is -1.58. The highest BCUT2D eigenvalue weighted by atomic mass is 16.6. The van der Waals surface area contributed by atoms with Gasteiger partial charge in [-0.1, -0.05) is 11.6 Å². The lowest BCUT2D eigenvalue weighted by Gasteiger charge is -2.05. The molecule has 0 saturated heterocycles. The van der Waals surface area contributed by atoms with Gasteiger partial charge in [0.25, 0.3) is 0 Å². The Kier molecular flexibility index (Phi) is 6.92. The topological polar surface area (TPSA) is 52.6 Å². The van der Waals surface area contributed by atoms with E-state index in [1.54, 1.807) is 19.9 Å². The molecule has 16 heavy (non-hydrogen) atoms. The number of hydrogen-bond donors (Lipinski definition) is 0. The number of allylic oxidation sites excluding steroid dienone is 3. The minimum Gasteiger partial charge on any atom is -0.462 e. The lowest BCUT2D eigenvalue weighted by molar-refractivity contribution is -0.146. The van der Waals surface area contributed by atoms with E-state index in [0.29, 0.717) is 0 Å². The van der Waals surface area contributed by atoms with Gasteiger partial charge in [-0.25, -0.2) is 9.59 Å². The van der Waals surface area contributed by atoms with Gasteiger partial charge in [0, 0.05) is 0 Å². The Morgan fingerprint density at radius 1 is 0.938 bits per heavy atom. The first-order chi connectivity index (χ1) is 7.52. The van der Waals surface area contributed by atoms with Gasteiger partial charge in [-0.05, 0) is 33.8 Å². The zero-order chi connectivity index (χ0) is 12.6. The van der Waals surface area contributed by atoms with Gasteiger partial charge in [-0.15, -0.1) is 0 Å². The molecule has 0 heterocycles. The van der Waals surface area contributed by atoms with Crippen LogP contribution in [0, 0.1) is 0 Å². The molecule has 0 aromatic carbocycles. The Bertz CT molecular complexity index is 289. The molecular formula is C12H18O4. The average Bonchev–Trinajstić information content (AvgIpc) is 2.18. The van der Waals surface area contributed by atoms with Gasteiger partial charge in [0.1, 0.15) is 5.57 Å². The second-order valence-electron chi connectivity index (χ2n) is 3.27. The van der Waals surface area contributed by atoms with E-state index in [9.17, 15) is 9.59 Å². The van der Waals surface area contributed by atoms with Crippen molar-refractivity contribution in [2.24, 2.45) is 0 Å². The number of hydrogen-bond acceptors (Lipinski definition) is 4. The van der Waals surface area contributed by atoms with Gasteiger partial charge >= 0.3 is 11.9 Å². The second-order valence-corrected chi connectivity index (χ2v) is 3.27. The maximum atomic E-state index is 11.5. The minimum absolute atomic E-state index is 0.0788. The molecule has 0 saturated carbocycles. The smallest absolute Gasteiger partial charge is 0.345 e. The Labute approximate surface area is 95.9 Å². The summed E-state index contributed by atoms with van der Waals surface area (Å²) in [4.78, 5) is 22.9. The number of rotatable bonds is 5. The monoisotopic (exact) mass is 226 g/mol. The predicted molar refractivity (Wildman–Crippen MR) is 60.8 cm³/mol. The van der Waals surface area contributed by atoms with E-state index in [1.165, 1.54) is 6.08 Å². The van der Waals surface area contributed by atoms with Crippen molar-refractivity contribution in [1.82, 2.24) is 0 Å². The molecule has 0 unspecified atom stereocenters. The highest BCUT2D eigenvalue weighted by Gasteiger charge is 2.19. The Morgan fingerprint density at radius 3 is 1.69 bits per heavy atom. The van der Waals surface area contributed by atoms with Crippen LogP contribution in [0.4, 0.5) is 0 Å². The van der Waals surface area contributed by atoms with Gasteiger partial charge in [0.15, 0.2) is 0 Å². The fraction of sp³-hybridized carbons (Fsp3) is 0.500. The third kappa shape index (κ3) is 5.34. The predicted octanol–water partition coefficient (Wildman–Crippen LogP) is 2.01. The fourth-order valence-corrected chi connectivity index (χ4v) is 0.887. The third-order valence-electron chi connectivity index (χ3n) is 1.57. The highest BCUT2D eigenvalue weighted by Crippen LogP contribution is 2.04. The molecule has 0 N–H and O–H groups in total. The minimum atomic E-state index is -0.654. The van der Waals surface area contributed by atoms with Crippen LogP contribution in [0.1, 0.15) is 27.7 Å². The van der Waals surface area contributed by atoms with Crippen LogP contribution in [-0.2, 0) is 19.1 Å². The van der Waals surface area contributed by atoms with Crippen LogP contribution in [-0.4, -0.2) is 25.2 Å². The molecule has 0 atom stereocenters. The summed E-state index contributed by atoms with van der Waals surface area (Å²) in [5.41, 5.74) is 0.899. The average molecular weight is 226 g/mol. The van der Waals surface area contributed by atoms with E-state index < -0.39 is 11.9 Å². The van der Waals surface area contributed by atoms with Gasteiger partial charge in [0.2, 0.25) is 0 Å². The van der Waals surface area contributed by atoms with Gasteiger partial charge < -0.3 is 9.47 Å². The molecular weight excluding hydrogens is 208 g/mol.